The van der Waals surface area contributed by atoms with E-state index in [9.17, 15) is 9.59 Å². The number of anilines is 2. The van der Waals surface area contributed by atoms with E-state index in [2.05, 4.69) is 5.32 Å². The summed E-state index contributed by atoms with van der Waals surface area (Å²) in [6.45, 7) is 3.03. The van der Waals surface area contributed by atoms with Crippen molar-refractivity contribution in [2.24, 2.45) is 0 Å². The van der Waals surface area contributed by atoms with Crippen LogP contribution in [0, 0.1) is 0 Å². The van der Waals surface area contributed by atoms with E-state index in [0.29, 0.717) is 35.4 Å². The van der Waals surface area contributed by atoms with Crippen LogP contribution in [0.2, 0.25) is 0 Å². The molecule has 3 aromatic carbocycles. The molecule has 3 aromatic rings. The third kappa shape index (κ3) is 6.23. The first-order valence-corrected chi connectivity index (χ1v) is 12.8. The predicted molar refractivity (Wildman–Crippen MR) is 151 cm³/mol. The summed E-state index contributed by atoms with van der Waals surface area (Å²) < 4.78 is 16.1. The zero-order valence-corrected chi connectivity index (χ0v) is 22.5. The molecule has 0 aliphatic carbocycles. The summed E-state index contributed by atoms with van der Waals surface area (Å²) >= 11 is 5.77. The fourth-order valence-electron chi connectivity index (χ4n) is 4.15. The molecule has 1 saturated heterocycles. The number of methoxy groups -OCH3 is 2. The summed E-state index contributed by atoms with van der Waals surface area (Å²) in [6.07, 6.45) is 0.853. The highest BCUT2D eigenvalue weighted by Gasteiger charge is 2.44. The van der Waals surface area contributed by atoms with Crippen LogP contribution in [0.1, 0.15) is 25.3 Å². The molecule has 198 valence electrons. The second-order valence-electron chi connectivity index (χ2n) is 8.77. The number of rotatable bonds is 11. The zero-order chi connectivity index (χ0) is 27.1. The Kier molecular flexibility index (Phi) is 8.81. The van der Waals surface area contributed by atoms with Crippen molar-refractivity contribution in [2.45, 2.75) is 32.4 Å². The van der Waals surface area contributed by atoms with Gasteiger partial charge in [0.05, 0.1) is 32.9 Å². The Balaban J connectivity index is 1.54. The van der Waals surface area contributed by atoms with Gasteiger partial charge in [-0.1, -0.05) is 19.1 Å². The van der Waals surface area contributed by atoms with E-state index in [4.69, 9.17) is 26.4 Å². The summed E-state index contributed by atoms with van der Waals surface area (Å²) in [5.74, 6) is 1.60. The molecule has 0 spiro atoms. The maximum atomic E-state index is 13.7. The molecule has 38 heavy (non-hydrogen) atoms. The first-order valence-electron chi connectivity index (χ1n) is 12.4. The number of carbonyl (C=O) groups excluding carboxylic acids is 2. The van der Waals surface area contributed by atoms with E-state index in [1.807, 2.05) is 43.3 Å². The topological polar surface area (TPSA) is 80.3 Å². The van der Waals surface area contributed by atoms with Crippen LogP contribution >= 0.6 is 12.2 Å². The monoisotopic (exact) mass is 533 g/mol. The number of nitrogens with one attached hydrogen (secondary N) is 1. The minimum Gasteiger partial charge on any atom is -0.497 e. The van der Waals surface area contributed by atoms with Crippen molar-refractivity contribution >= 4 is 40.5 Å². The van der Waals surface area contributed by atoms with E-state index >= 15 is 0 Å². The molecule has 0 bridgehead atoms. The van der Waals surface area contributed by atoms with Crippen LogP contribution < -0.4 is 24.4 Å². The van der Waals surface area contributed by atoms with Crippen LogP contribution in [-0.2, 0) is 16.1 Å². The van der Waals surface area contributed by atoms with Gasteiger partial charge in [0, 0.05) is 12.2 Å². The second kappa shape index (κ2) is 12.4. The van der Waals surface area contributed by atoms with E-state index in [1.54, 1.807) is 55.5 Å². The van der Waals surface area contributed by atoms with Crippen molar-refractivity contribution in [1.29, 1.82) is 0 Å². The number of nitrogens with zero attached hydrogens (tertiary/aromatic N) is 2. The Bertz CT molecular complexity index is 1260. The lowest BCUT2D eigenvalue weighted by Crippen LogP contribution is -2.37. The number of hydrogen-bond donors (Lipinski definition) is 1. The van der Waals surface area contributed by atoms with Gasteiger partial charge < -0.3 is 24.4 Å². The zero-order valence-electron chi connectivity index (χ0n) is 21.7. The molecule has 0 radical (unpaired) electrons. The fourth-order valence-corrected chi connectivity index (χ4v) is 4.54. The maximum Gasteiger partial charge on any atom is 0.256 e. The standard InChI is InChI=1S/C29H31N3O5S/c1-4-17-37-25-13-7-21(8-14-25)30-27(33)18-26-28(34)32(22-9-15-24(36-3)16-10-22)29(38)31(26)19-20-5-11-23(35-2)12-6-20/h5-16,26H,4,17-19H2,1-3H3,(H,30,33). The van der Waals surface area contributed by atoms with Crippen molar-refractivity contribution in [1.82, 2.24) is 4.90 Å². The molecule has 4 rings (SSSR count). The first kappa shape index (κ1) is 26.9. The van der Waals surface area contributed by atoms with E-state index in [-0.39, 0.29) is 18.2 Å². The van der Waals surface area contributed by atoms with Crippen molar-refractivity contribution in [3.05, 3.63) is 78.4 Å². The molecular weight excluding hydrogens is 502 g/mol. The Morgan fingerprint density at radius 2 is 1.47 bits per heavy atom. The van der Waals surface area contributed by atoms with Gasteiger partial charge in [-0.05, 0) is 84.9 Å². The molecular formula is C29H31N3O5S. The molecule has 1 aliphatic heterocycles. The van der Waals surface area contributed by atoms with Gasteiger partial charge in [-0.15, -0.1) is 0 Å². The van der Waals surface area contributed by atoms with Crippen molar-refractivity contribution in [3.8, 4) is 17.2 Å². The number of benzene rings is 3. The van der Waals surface area contributed by atoms with E-state index in [0.717, 1.165) is 23.5 Å². The van der Waals surface area contributed by atoms with Crippen LogP contribution in [0.15, 0.2) is 72.8 Å². The van der Waals surface area contributed by atoms with Gasteiger partial charge in [0.2, 0.25) is 5.91 Å². The van der Waals surface area contributed by atoms with Crippen LogP contribution in [0.5, 0.6) is 17.2 Å². The van der Waals surface area contributed by atoms with Crippen LogP contribution in [0.4, 0.5) is 11.4 Å². The summed E-state index contributed by atoms with van der Waals surface area (Å²) in [5, 5.41) is 3.23. The van der Waals surface area contributed by atoms with Gasteiger partial charge in [0.25, 0.3) is 5.91 Å². The molecule has 0 aromatic heterocycles. The van der Waals surface area contributed by atoms with Crippen molar-refractivity contribution in [2.75, 3.05) is 31.0 Å². The van der Waals surface area contributed by atoms with Crippen molar-refractivity contribution < 1.29 is 23.8 Å². The first-order chi connectivity index (χ1) is 18.4. The lowest BCUT2D eigenvalue weighted by atomic mass is 10.1. The lowest BCUT2D eigenvalue weighted by molar-refractivity contribution is -0.124. The van der Waals surface area contributed by atoms with Gasteiger partial charge in [-0.2, -0.15) is 0 Å². The second-order valence-corrected chi connectivity index (χ2v) is 9.14. The molecule has 1 heterocycles. The largest absolute Gasteiger partial charge is 0.497 e. The van der Waals surface area contributed by atoms with Gasteiger partial charge in [0.1, 0.15) is 23.3 Å². The highest BCUT2D eigenvalue weighted by Crippen LogP contribution is 2.30. The Morgan fingerprint density at radius 3 is 2.05 bits per heavy atom. The van der Waals surface area contributed by atoms with Crippen LogP contribution in [0.25, 0.3) is 0 Å². The summed E-state index contributed by atoms with van der Waals surface area (Å²) in [7, 11) is 3.19. The SMILES string of the molecule is CCCOc1ccc(NC(=O)CC2C(=O)N(c3ccc(OC)cc3)C(=S)N2Cc2ccc(OC)cc2)cc1. The van der Waals surface area contributed by atoms with E-state index < -0.39 is 6.04 Å². The normalized spacial score (nSPS) is 15.0. The van der Waals surface area contributed by atoms with Crippen LogP contribution in [-0.4, -0.2) is 48.7 Å². The minimum absolute atomic E-state index is 0.0597. The van der Waals surface area contributed by atoms with Crippen LogP contribution in [0.3, 0.4) is 0 Å². The Hall–Kier alpha value is -4.11. The Morgan fingerprint density at radius 1 is 0.895 bits per heavy atom. The van der Waals surface area contributed by atoms with Gasteiger partial charge in [-0.3, -0.25) is 14.5 Å². The van der Waals surface area contributed by atoms with Crippen molar-refractivity contribution in [3.63, 3.8) is 0 Å². The highest BCUT2D eigenvalue weighted by atomic mass is 32.1. The highest BCUT2D eigenvalue weighted by molar-refractivity contribution is 7.80. The Labute approximate surface area is 228 Å². The summed E-state index contributed by atoms with van der Waals surface area (Å²) in [5.41, 5.74) is 2.18. The molecule has 1 aliphatic rings. The lowest BCUT2D eigenvalue weighted by Gasteiger charge is -2.24. The quantitative estimate of drug-likeness (QED) is 0.347. The number of thiocarbonyl (C=S) groups is 1. The summed E-state index contributed by atoms with van der Waals surface area (Å²) in [6, 6.07) is 21.1. The number of carbonyl (C=O) groups is 2. The van der Waals surface area contributed by atoms with Gasteiger partial charge in [0.15, 0.2) is 5.11 Å². The molecule has 1 fully saturated rings. The fraction of sp³-hybridized carbons (Fsp3) is 0.276. The maximum absolute atomic E-state index is 13.7. The van der Waals surface area contributed by atoms with E-state index in [1.165, 1.54) is 4.90 Å². The molecule has 1 atom stereocenters. The molecule has 8 nitrogen and oxygen atoms in total. The predicted octanol–water partition coefficient (Wildman–Crippen LogP) is 5.02. The smallest absolute Gasteiger partial charge is 0.256 e. The number of hydrogen-bond acceptors (Lipinski definition) is 6. The average Bonchev–Trinajstić information content (AvgIpc) is 3.16. The molecule has 1 N–H and O–H groups in total. The average molecular weight is 534 g/mol. The van der Waals surface area contributed by atoms with Gasteiger partial charge in [-0.25, -0.2) is 0 Å². The minimum atomic E-state index is -0.765. The molecule has 9 heteroatoms. The number of amides is 2. The summed E-state index contributed by atoms with van der Waals surface area (Å²) in [4.78, 5) is 30.0. The molecule has 2 amide bonds. The third-order valence-electron chi connectivity index (χ3n) is 6.15. The number of ether oxygens (including phenoxy) is 3. The molecule has 0 saturated carbocycles. The van der Waals surface area contributed by atoms with Gasteiger partial charge >= 0.3 is 0 Å². The third-order valence-corrected chi connectivity index (χ3v) is 6.57. The molecule has 1 unspecified atom stereocenters.